The van der Waals surface area contributed by atoms with Crippen LogP contribution in [0.25, 0.3) is 0 Å². The van der Waals surface area contributed by atoms with Crippen molar-refractivity contribution in [2.45, 2.75) is 76.9 Å². The van der Waals surface area contributed by atoms with Gasteiger partial charge in [-0.15, -0.1) is 0 Å². The molecule has 0 amide bonds. The lowest BCUT2D eigenvalue weighted by Gasteiger charge is -2.45. The molecule has 1 atom stereocenters. The van der Waals surface area contributed by atoms with Crippen LogP contribution in [0.4, 0.5) is 0 Å². The molecule has 0 saturated heterocycles. The molecule has 1 aromatic carbocycles. The van der Waals surface area contributed by atoms with E-state index in [1.807, 2.05) is 0 Å². The zero-order valence-electron chi connectivity index (χ0n) is 13.6. The standard InChI is InChI=1S/C19H29NO/c1-3-4-12-20-17-14-19(10-6-5-7-11-19)21-18-13-15(2)8-9-16(17)18/h8-9,13,17,20H,3-7,10-12,14H2,1-2H3. The first-order valence-corrected chi connectivity index (χ1v) is 8.75. The summed E-state index contributed by atoms with van der Waals surface area (Å²) < 4.78 is 6.54. The fourth-order valence-corrected chi connectivity index (χ4v) is 3.91. The molecule has 3 rings (SSSR count). The molecule has 0 bridgehead atoms. The van der Waals surface area contributed by atoms with Gasteiger partial charge in [0.15, 0.2) is 0 Å². The fraction of sp³-hybridized carbons (Fsp3) is 0.684. The van der Waals surface area contributed by atoms with Crippen molar-refractivity contribution >= 4 is 0 Å². The van der Waals surface area contributed by atoms with Gasteiger partial charge in [-0.3, -0.25) is 0 Å². The lowest BCUT2D eigenvalue weighted by molar-refractivity contribution is -0.00269. The SMILES string of the molecule is CCCCNC1CC2(CCCCC2)Oc2cc(C)ccc21. The largest absolute Gasteiger partial charge is 0.487 e. The molecule has 2 heteroatoms. The van der Waals surface area contributed by atoms with E-state index in [1.54, 1.807) is 0 Å². The summed E-state index contributed by atoms with van der Waals surface area (Å²) >= 11 is 0. The molecule has 21 heavy (non-hydrogen) atoms. The van der Waals surface area contributed by atoms with E-state index in [0.29, 0.717) is 6.04 Å². The fourth-order valence-electron chi connectivity index (χ4n) is 3.91. The van der Waals surface area contributed by atoms with Crippen LogP contribution in [0.3, 0.4) is 0 Å². The average Bonchev–Trinajstić information content (AvgIpc) is 2.47. The molecule has 2 nitrogen and oxygen atoms in total. The van der Waals surface area contributed by atoms with Crippen LogP contribution >= 0.6 is 0 Å². The minimum atomic E-state index is 0.100. The highest BCUT2D eigenvalue weighted by molar-refractivity contribution is 5.42. The minimum Gasteiger partial charge on any atom is -0.487 e. The first-order valence-electron chi connectivity index (χ1n) is 8.75. The maximum atomic E-state index is 6.54. The predicted octanol–water partition coefficient (Wildman–Crippen LogP) is 4.91. The monoisotopic (exact) mass is 287 g/mol. The second-order valence-electron chi connectivity index (χ2n) is 6.95. The van der Waals surface area contributed by atoms with Gasteiger partial charge in [-0.2, -0.15) is 0 Å². The maximum Gasteiger partial charge on any atom is 0.125 e. The minimum absolute atomic E-state index is 0.100. The Bertz CT molecular complexity index is 476. The summed E-state index contributed by atoms with van der Waals surface area (Å²) in [7, 11) is 0. The Balaban J connectivity index is 1.84. The van der Waals surface area contributed by atoms with E-state index in [1.165, 1.54) is 56.1 Å². The first kappa shape index (κ1) is 14.9. The summed E-state index contributed by atoms with van der Waals surface area (Å²) in [6, 6.07) is 7.19. The molecule has 2 aliphatic rings. The van der Waals surface area contributed by atoms with Crippen LogP contribution in [0, 0.1) is 6.92 Å². The summed E-state index contributed by atoms with van der Waals surface area (Å²) in [5.41, 5.74) is 2.77. The third-order valence-corrected chi connectivity index (χ3v) is 5.13. The van der Waals surface area contributed by atoms with E-state index in [9.17, 15) is 0 Å². The van der Waals surface area contributed by atoms with Gasteiger partial charge in [0.25, 0.3) is 0 Å². The Labute approximate surface area is 129 Å². The van der Waals surface area contributed by atoms with Crippen molar-refractivity contribution in [2.24, 2.45) is 0 Å². The molecule has 0 aromatic heterocycles. The van der Waals surface area contributed by atoms with Crippen LogP contribution in [0.2, 0.25) is 0 Å². The van der Waals surface area contributed by atoms with Crippen molar-refractivity contribution in [3.63, 3.8) is 0 Å². The Morgan fingerprint density at radius 3 is 2.81 bits per heavy atom. The van der Waals surface area contributed by atoms with E-state index in [2.05, 4.69) is 37.4 Å². The summed E-state index contributed by atoms with van der Waals surface area (Å²) in [6.45, 7) is 5.53. The van der Waals surface area contributed by atoms with Gasteiger partial charge in [0.1, 0.15) is 11.4 Å². The number of benzene rings is 1. The van der Waals surface area contributed by atoms with Gasteiger partial charge in [0, 0.05) is 18.0 Å². The zero-order chi connectivity index (χ0) is 14.7. The smallest absolute Gasteiger partial charge is 0.125 e. The third-order valence-electron chi connectivity index (χ3n) is 5.13. The predicted molar refractivity (Wildman–Crippen MR) is 87.9 cm³/mol. The normalized spacial score (nSPS) is 23.6. The highest BCUT2D eigenvalue weighted by Gasteiger charge is 2.41. The topological polar surface area (TPSA) is 21.3 Å². The van der Waals surface area contributed by atoms with Crippen molar-refractivity contribution in [3.8, 4) is 5.75 Å². The molecule has 116 valence electrons. The van der Waals surface area contributed by atoms with Gasteiger partial charge in [-0.25, -0.2) is 0 Å². The second-order valence-corrected chi connectivity index (χ2v) is 6.95. The Kier molecular flexibility index (Phi) is 4.54. The van der Waals surface area contributed by atoms with Crippen molar-refractivity contribution in [3.05, 3.63) is 29.3 Å². The number of rotatable bonds is 4. The van der Waals surface area contributed by atoms with E-state index < -0.39 is 0 Å². The summed E-state index contributed by atoms with van der Waals surface area (Å²) in [4.78, 5) is 0. The van der Waals surface area contributed by atoms with Crippen LogP contribution in [0.5, 0.6) is 5.75 Å². The van der Waals surface area contributed by atoms with Crippen molar-refractivity contribution in [2.75, 3.05) is 6.54 Å². The number of hydrogen-bond donors (Lipinski definition) is 1. The molecule has 1 saturated carbocycles. The van der Waals surface area contributed by atoms with Crippen LogP contribution in [0.15, 0.2) is 18.2 Å². The molecular weight excluding hydrogens is 258 g/mol. The second kappa shape index (κ2) is 6.39. The van der Waals surface area contributed by atoms with Gasteiger partial charge in [-0.1, -0.05) is 31.9 Å². The highest BCUT2D eigenvalue weighted by Crippen LogP contribution is 2.46. The number of ether oxygens (including phenoxy) is 1. The molecule has 1 unspecified atom stereocenters. The van der Waals surface area contributed by atoms with E-state index in [-0.39, 0.29) is 5.60 Å². The van der Waals surface area contributed by atoms with Crippen LogP contribution < -0.4 is 10.1 Å². The highest BCUT2D eigenvalue weighted by atomic mass is 16.5. The Morgan fingerprint density at radius 1 is 1.24 bits per heavy atom. The molecule has 1 N–H and O–H groups in total. The lowest BCUT2D eigenvalue weighted by atomic mass is 9.77. The molecule has 1 aliphatic heterocycles. The summed E-state index contributed by atoms with van der Waals surface area (Å²) in [5.74, 6) is 1.14. The molecule has 1 aliphatic carbocycles. The molecule has 1 spiro atoms. The van der Waals surface area contributed by atoms with Gasteiger partial charge < -0.3 is 10.1 Å². The number of unbranched alkanes of at least 4 members (excludes halogenated alkanes) is 1. The van der Waals surface area contributed by atoms with E-state index in [4.69, 9.17) is 4.74 Å². The molecule has 0 radical (unpaired) electrons. The first-order chi connectivity index (χ1) is 10.2. The van der Waals surface area contributed by atoms with Crippen molar-refractivity contribution in [1.29, 1.82) is 0 Å². The van der Waals surface area contributed by atoms with E-state index in [0.717, 1.165) is 18.7 Å². The number of fused-ring (bicyclic) bond motifs is 1. The number of aryl methyl sites for hydroxylation is 1. The third kappa shape index (κ3) is 3.26. The van der Waals surface area contributed by atoms with Crippen molar-refractivity contribution in [1.82, 2.24) is 5.32 Å². The zero-order valence-corrected chi connectivity index (χ0v) is 13.6. The van der Waals surface area contributed by atoms with Crippen LogP contribution in [0.1, 0.15) is 75.5 Å². The molecule has 1 aromatic rings. The Hall–Kier alpha value is -1.02. The van der Waals surface area contributed by atoms with Crippen LogP contribution in [-0.4, -0.2) is 12.1 Å². The van der Waals surface area contributed by atoms with Gasteiger partial charge in [-0.05, 0) is 57.2 Å². The quantitative estimate of drug-likeness (QED) is 0.794. The average molecular weight is 287 g/mol. The molecule has 1 fully saturated rings. The van der Waals surface area contributed by atoms with E-state index >= 15 is 0 Å². The maximum absolute atomic E-state index is 6.54. The number of hydrogen-bond acceptors (Lipinski definition) is 2. The summed E-state index contributed by atoms with van der Waals surface area (Å²) in [5, 5.41) is 3.79. The van der Waals surface area contributed by atoms with Crippen molar-refractivity contribution < 1.29 is 4.74 Å². The lowest BCUT2D eigenvalue weighted by Crippen LogP contribution is -2.45. The molecule has 1 heterocycles. The van der Waals surface area contributed by atoms with Gasteiger partial charge in [0.05, 0.1) is 0 Å². The number of nitrogens with one attached hydrogen (secondary N) is 1. The summed E-state index contributed by atoms with van der Waals surface area (Å²) in [6.07, 6.45) is 10.1. The van der Waals surface area contributed by atoms with Gasteiger partial charge >= 0.3 is 0 Å². The Morgan fingerprint density at radius 2 is 2.05 bits per heavy atom. The van der Waals surface area contributed by atoms with Crippen LogP contribution in [-0.2, 0) is 0 Å². The van der Waals surface area contributed by atoms with Gasteiger partial charge in [0.2, 0.25) is 0 Å². The molecular formula is C19H29NO.